The first-order valence-electron chi connectivity index (χ1n) is 9.30. The molecule has 1 aromatic rings. The summed E-state index contributed by atoms with van der Waals surface area (Å²) in [4.78, 5) is 0. The summed E-state index contributed by atoms with van der Waals surface area (Å²) in [7, 11) is 1.48. The number of aliphatic hydroxyl groups is 1. The molecule has 136 valence electrons. The molecule has 2 rings (SSSR count). The highest BCUT2D eigenvalue weighted by Gasteiger charge is 2.39. The number of benzene rings is 1. The van der Waals surface area contributed by atoms with E-state index < -0.39 is 0 Å². The van der Waals surface area contributed by atoms with Gasteiger partial charge in [-0.3, -0.25) is 0 Å². The van der Waals surface area contributed by atoms with E-state index in [9.17, 15) is 9.50 Å². The van der Waals surface area contributed by atoms with Gasteiger partial charge in [-0.2, -0.15) is 0 Å². The average molecular weight is 338 g/mol. The summed E-state index contributed by atoms with van der Waals surface area (Å²) in [6.45, 7) is 2.21. The quantitative estimate of drug-likeness (QED) is 0.446. The molecule has 1 fully saturated rings. The maximum atomic E-state index is 13.4. The van der Waals surface area contributed by atoms with Crippen LogP contribution in [-0.2, 0) is 11.2 Å². The largest absolute Gasteiger partial charge is 0.494 e. The monoisotopic (exact) mass is 338 g/mol. The number of halogens is 1. The van der Waals surface area contributed by atoms with E-state index >= 15 is 0 Å². The molecule has 24 heavy (non-hydrogen) atoms. The number of epoxide rings is 1. The molecule has 1 N–H and O–H groups in total. The van der Waals surface area contributed by atoms with Crippen molar-refractivity contribution in [3.05, 3.63) is 29.6 Å². The molecule has 0 aromatic heterocycles. The molecule has 1 heterocycles. The van der Waals surface area contributed by atoms with Crippen molar-refractivity contribution in [2.24, 2.45) is 0 Å². The third kappa shape index (κ3) is 6.40. The Balaban J connectivity index is 1.60. The van der Waals surface area contributed by atoms with Gasteiger partial charge in [0.2, 0.25) is 0 Å². The lowest BCUT2D eigenvalue weighted by atomic mass is 10.0. The zero-order valence-electron chi connectivity index (χ0n) is 15.0. The topological polar surface area (TPSA) is 42.0 Å². The summed E-state index contributed by atoms with van der Waals surface area (Å²) < 4.78 is 24.1. The number of methoxy groups -OCH3 is 1. The molecule has 0 spiro atoms. The molecule has 0 amide bonds. The fourth-order valence-corrected chi connectivity index (χ4v) is 3.18. The van der Waals surface area contributed by atoms with E-state index in [4.69, 9.17) is 9.47 Å². The third-order valence-corrected chi connectivity index (χ3v) is 4.77. The van der Waals surface area contributed by atoms with Crippen molar-refractivity contribution >= 4 is 0 Å². The maximum Gasteiger partial charge on any atom is 0.165 e. The highest BCUT2D eigenvalue weighted by atomic mass is 19.1. The van der Waals surface area contributed by atoms with Gasteiger partial charge in [-0.05, 0) is 37.0 Å². The van der Waals surface area contributed by atoms with Crippen molar-refractivity contribution in [1.82, 2.24) is 0 Å². The molecule has 4 heteroatoms. The Kier molecular flexibility index (Phi) is 8.00. The minimum Gasteiger partial charge on any atom is -0.494 e. The Morgan fingerprint density at radius 3 is 2.75 bits per heavy atom. The summed E-state index contributed by atoms with van der Waals surface area (Å²) in [5, 5.41) is 10.1. The molecule has 1 aromatic carbocycles. The van der Waals surface area contributed by atoms with Gasteiger partial charge < -0.3 is 14.6 Å². The average Bonchev–Trinajstić information content (AvgIpc) is 3.31. The molecular formula is C20H31FO3. The summed E-state index contributed by atoms with van der Waals surface area (Å²) in [6, 6.07) is 4.99. The second-order valence-corrected chi connectivity index (χ2v) is 6.81. The molecule has 0 saturated carbocycles. The van der Waals surface area contributed by atoms with Crippen LogP contribution in [0.1, 0.15) is 63.9 Å². The minimum absolute atomic E-state index is 0.193. The van der Waals surface area contributed by atoms with E-state index in [1.165, 1.54) is 38.9 Å². The number of aryl methyl sites for hydroxylation is 1. The normalized spacial score (nSPS) is 20.8. The van der Waals surface area contributed by atoms with E-state index in [2.05, 4.69) is 6.92 Å². The lowest BCUT2D eigenvalue weighted by Crippen LogP contribution is -2.11. The van der Waals surface area contributed by atoms with Gasteiger partial charge in [-0.1, -0.05) is 45.1 Å². The summed E-state index contributed by atoms with van der Waals surface area (Å²) in [6.07, 6.45) is 9.68. The van der Waals surface area contributed by atoms with E-state index in [1.807, 2.05) is 0 Å². The number of rotatable bonds is 12. The molecule has 3 unspecified atom stereocenters. The van der Waals surface area contributed by atoms with Crippen LogP contribution >= 0.6 is 0 Å². The smallest absolute Gasteiger partial charge is 0.165 e. The van der Waals surface area contributed by atoms with E-state index in [-0.39, 0.29) is 24.1 Å². The molecular weight excluding hydrogens is 307 g/mol. The fraction of sp³-hybridized carbons (Fsp3) is 0.700. The molecule has 3 nitrogen and oxygen atoms in total. The van der Waals surface area contributed by atoms with Gasteiger partial charge in [0.05, 0.1) is 25.4 Å². The maximum absolute atomic E-state index is 13.4. The zero-order valence-corrected chi connectivity index (χ0v) is 15.0. The van der Waals surface area contributed by atoms with Gasteiger partial charge in [0, 0.05) is 6.42 Å². The molecule has 3 atom stereocenters. The first kappa shape index (κ1) is 19.2. The van der Waals surface area contributed by atoms with Gasteiger partial charge >= 0.3 is 0 Å². The zero-order chi connectivity index (χ0) is 17.4. The minimum atomic E-state index is -0.330. The number of hydrogen-bond donors (Lipinski definition) is 1. The van der Waals surface area contributed by atoms with Gasteiger partial charge in [0.25, 0.3) is 0 Å². The van der Waals surface area contributed by atoms with Crippen LogP contribution in [0.3, 0.4) is 0 Å². The van der Waals surface area contributed by atoms with Crippen LogP contribution in [0.15, 0.2) is 18.2 Å². The van der Waals surface area contributed by atoms with Crippen molar-refractivity contribution in [2.75, 3.05) is 7.11 Å². The Morgan fingerprint density at radius 2 is 2.00 bits per heavy atom. The van der Waals surface area contributed by atoms with E-state index in [0.29, 0.717) is 5.75 Å². The second-order valence-electron chi connectivity index (χ2n) is 6.81. The molecule has 1 aliphatic heterocycles. The fourth-order valence-electron chi connectivity index (χ4n) is 3.18. The van der Waals surface area contributed by atoms with Crippen LogP contribution in [0.4, 0.5) is 4.39 Å². The molecule has 1 aliphatic rings. The van der Waals surface area contributed by atoms with Gasteiger partial charge in [-0.25, -0.2) is 4.39 Å². The Labute approximate surface area is 145 Å². The van der Waals surface area contributed by atoms with Crippen molar-refractivity contribution in [2.45, 2.75) is 83.0 Å². The first-order chi connectivity index (χ1) is 11.6. The summed E-state index contributed by atoms with van der Waals surface area (Å²) in [5.74, 6) is -0.0388. The SMILES string of the molecule is CCCCCCCC(O)CC1OC1CCc1ccc(F)c(OC)c1. The van der Waals surface area contributed by atoms with Crippen LogP contribution in [-0.4, -0.2) is 30.5 Å². The first-order valence-corrected chi connectivity index (χ1v) is 9.30. The van der Waals surface area contributed by atoms with Crippen LogP contribution in [0.25, 0.3) is 0 Å². The van der Waals surface area contributed by atoms with E-state index in [1.54, 1.807) is 12.1 Å². The molecule has 0 radical (unpaired) electrons. The number of unbranched alkanes of at least 4 members (excludes halogenated alkanes) is 4. The van der Waals surface area contributed by atoms with Gasteiger partial charge in [0.15, 0.2) is 11.6 Å². The standard InChI is InChI=1S/C20H31FO3/c1-3-4-5-6-7-8-16(22)14-20-18(24-20)12-10-15-9-11-17(21)19(13-15)23-2/h9,11,13,16,18,20,22H,3-8,10,12,14H2,1-2H3. The van der Waals surface area contributed by atoms with E-state index in [0.717, 1.165) is 37.7 Å². The summed E-state index contributed by atoms with van der Waals surface area (Å²) >= 11 is 0. The predicted octanol–water partition coefficient (Wildman–Crippen LogP) is 4.65. The Morgan fingerprint density at radius 1 is 1.21 bits per heavy atom. The van der Waals surface area contributed by atoms with Gasteiger partial charge in [0.1, 0.15) is 0 Å². The third-order valence-electron chi connectivity index (χ3n) is 4.77. The van der Waals surface area contributed by atoms with Crippen molar-refractivity contribution in [3.8, 4) is 5.75 Å². The highest BCUT2D eigenvalue weighted by Crippen LogP contribution is 2.32. The number of aliphatic hydroxyl groups excluding tert-OH is 1. The van der Waals surface area contributed by atoms with Crippen LogP contribution < -0.4 is 4.74 Å². The Bertz CT molecular complexity index is 492. The molecule has 1 saturated heterocycles. The van der Waals surface area contributed by atoms with Crippen LogP contribution in [0.2, 0.25) is 0 Å². The van der Waals surface area contributed by atoms with Gasteiger partial charge in [-0.15, -0.1) is 0 Å². The summed E-state index contributed by atoms with van der Waals surface area (Å²) in [5.41, 5.74) is 1.05. The molecule has 0 aliphatic carbocycles. The van der Waals surface area contributed by atoms with Crippen LogP contribution in [0, 0.1) is 5.82 Å². The Hall–Kier alpha value is -1.13. The number of ether oxygens (including phenoxy) is 2. The van der Waals surface area contributed by atoms with Crippen molar-refractivity contribution in [1.29, 1.82) is 0 Å². The lowest BCUT2D eigenvalue weighted by molar-refractivity contribution is 0.139. The van der Waals surface area contributed by atoms with Crippen LogP contribution in [0.5, 0.6) is 5.75 Å². The van der Waals surface area contributed by atoms with Crippen molar-refractivity contribution < 1.29 is 19.0 Å². The second kappa shape index (κ2) is 10.00. The highest BCUT2D eigenvalue weighted by molar-refractivity contribution is 5.30. The predicted molar refractivity (Wildman–Crippen MR) is 93.9 cm³/mol. The van der Waals surface area contributed by atoms with Crippen molar-refractivity contribution in [3.63, 3.8) is 0 Å². The number of hydrogen-bond acceptors (Lipinski definition) is 3. The molecule has 0 bridgehead atoms. The lowest BCUT2D eigenvalue weighted by Gasteiger charge is -2.08.